The molecule has 0 saturated heterocycles. The minimum absolute atomic E-state index is 0.229. The van der Waals surface area contributed by atoms with Crippen LogP contribution >= 0.6 is 0 Å². The molecule has 4 nitrogen and oxygen atoms in total. The Morgan fingerprint density at radius 1 is 1.54 bits per heavy atom. The fourth-order valence-electron chi connectivity index (χ4n) is 1.06. The molecule has 13 heavy (non-hydrogen) atoms. The summed E-state index contributed by atoms with van der Waals surface area (Å²) in [7, 11) is 1.62. The van der Waals surface area contributed by atoms with Crippen LogP contribution in [0.4, 0.5) is 0 Å². The molecule has 0 fully saturated rings. The Hall–Kier alpha value is -1.13. The Kier molecular flexibility index (Phi) is 3.67. The molecule has 72 valence electrons. The minimum atomic E-state index is 0.229. The number of aromatic nitrogens is 1. The molecular weight excluding hydrogens is 168 g/mol. The maximum atomic E-state index is 5.05. The lowest BCUT2D eigenvalue weighted by Gasteiger charge is -2.10. The molecule has 1 rings (SSSR count). The molecule has 0 amide bonds. The number of hydrogen-bond acceptors (Lipinski definition) is 4. The van der Waals surface area contributed by atoms with E-state index < -0.39 is 0 Å². The number of hydrogen-bond donors (Lipinski definition) is 1. The highest BCUT2D eigenvalue weighted by atomic mass is 16.6. The fraction of sp³-hybridized carbons (Fsp3) is 0.444. The molecule has 0 saturated carbocycles. The van der Waals surface area contributed by atoms with Gasteiger partial charge in [0.1, 0.15) is 5.75 Å². The number of nitrogens with two attached hydrogens (primary N) is 1. The van der Waals surface area contributed by atoms with Crippen LogP contribution in [0.3, 0.4) is 0 Å². The van der Waals surface area contributed by atoms with E-state index in [1.165, 1.54) is 0 Å². The Labute approximate surface area is 77.6 Å². The van der Waals surface area contributed by atoms with Crippen LogP contribution in [0.5, 0.6) is 5.75 Å². The van der Waals surface area contributed by atoms with Gasteiger partial charge in [-0.2, -0.15) is 0 Å². The third-order valence-corrected chi connectivity index (χ3v) is 1.89. The lowest BCUT2D eigenvalue weighted by atomic mass is 10.0. The number of rotatable bonds is 4. The normalized spacial score (nSPS) is 12.5. The molecule has 4 heteroatoms. The average molecular weight is 182 g/mol. The van der Waals surface area contributed by atoms with E-state index in [1.54, 1.807) is 19.5 Å². The summed E-state index contributed by atoms with van der Waals surface area (Å²) >= 11 is 0. The first-order valence-corrected chi connectivity index (χ1v) is 4.08. The fourth-order valence-corrected chi connectivity index (χ4v) is 1.06. The van der Waals surface area contributed by atoms with Crippen molar-refractivity contribution in [2.75, 3.05) is 13.7 Å². The third-order valence-electron chi connectivity index (χ3n) is 1.89. The summed E-state index contributed by atoms with van der Waals surface area (Å²) in [6.07, 6.45) is 3.45. The summed E-state index contributed by atoms with van der Waals surface area (Å²) in [6.45, 7) is 2.50. The van der Waals surface area contributed by atoms with Gasteiger partial charge in [0.25, 0.3) is 0 Å². The van der Waals surface area contributed by atoms with E-state index in [-0.39, 0.29) is 5.92 Å². The van der Waals surface area contributed by atoms with Gasteiger partial charge in [0, 0.05) is 12.1 Å². The largest absolute Gasteiger partial charge is 0.495 e. The third kappa shape index (κ3) is 2.68. The molecule has 1 aromatic rings. The van der Waals surface area contributed by atoms with Gasteiger partial charge in [-0.05, 0) is 11.6 Å². The molecule has 2 N–H and O–H groups in total. The smallest absolute Gasteiger partial charge is 0.137 e. The molecule has 0 aromatic carbocycles. The van der Waals surface area contributed by atoms with E-state index in [2.05, 4.69) is 9.82 Å². The van der Waals surface area contributed by atoms with E-state index in [4.69, 9.17) is 10.6 Å². The zero-order chi connectivity index (χ0) is 9.68. The predicted molar refractivity (Wildman–Crippen MR) is 49.3 cm³/mol. The minimum Gasteiger partial charge on any atom is -0.495 e. The van der Waals surface area contributed by atoms with Crippen molar-refractivity contribution in [2.45, 2.75) is 12.8 Å². The summed E-state index contributed by atoms with van der Waals surface area (Å²) in [6, 6.07) is 1.93. The van der Waals surface area contributed by atoms with Gasteiger partial charge < -0.3 is 9.57 Å². The van der Waals surface area contributed by atoms with Crippen LogP contribution in [0.15, 0.2) is 18.5 Å². The quantitative estimate of drug-likeness (QED) is 0.708. The van der Waals surface area contributed by atoms with E-state index in [0.717, 1.165) is 11.3 Å². The highest BCUT2D eigenvalue weighted by molar-refractivity contribution is 5.25. The summed E-state index contributed by atoms with van der Waals surface area (Å²) in [5.41, 5.74) is 1.06. The molecule has 0 aliphatic carbocycles. The molecule has 0 radical (unpaired) electrons. The highest BCUT2D eigenvalue weighted by Crippen LogP contribution is 2.18. The van der Waals surface area contributed by atoms with Crippen LogP contribution in [-0.2, 0) is 4.84 Å². The van der Waals surface area contributed by atoms with E-state index in [9.17, 15) is 0 Å². The second-order valence-corrected chi connectivity index (χ2v) is 2.89. The lowest BCUT2D eigenvalue weighted by Crippen LogP contribution is -2.08. The van der Waals surface area contributed by atoms with Crippen LogP contribution in [0, 0.1) is 0 Å². The molecule has 0 spiro atoms. The van der Waals surface area contributed by atoms with Crippen molar-refractivity contribution >= 4 is 0 Å². The van der Waals surface area contributed by atoms with Crippen LogP contribution in [0.25, 0.3) is 0 Å². The van der Waals surface area contributed by atoms with Gasteiger partial charge in [-0.3, -0.25) is 4.98 Å². The molecule has 0 aliphatic heterocycles. The standard InChI is InChI=1S/C9H14N2O2/c1-7(6-13-10)8-3-9(12-2)5-11-4-8/h3-5,7H,6,10H2,1-2H3. The number of methoxy groups -OCH3 is 1. The van der Waals surface area contributed by atoms with Gasteiger partial charge >= 0.3 is 0 Å². The van der Waals surface area contributed by atoms with E-state index in [0.29, 0.717) is 6.61 Å². The predicted octanol–water partition coefficient (Wildman–Crippen LogP) is 1.08. The topological polar surface area (TPSA) is 57.4 Å². The molecule has 1 atom stereocenters. The first kappa shape index (κ1) is 9.95. The van der Waals surface area contributed by atoms with Crippen molar-refractivity contribution in [3.63, 3.8) is 0 Å². The average Bonchev–Trinajstić information content (AvgIpc) is 2.18. The first-order chi connectivity index (χ1) is 6.27. The zero-order valence-corrected chi connectivity index (χ0v) is 7.86. The molecular formula is C9H14N2O2. The highest BCUT2D eigenvalue weighted by Gasteiger charge is 2.06. The van der Waals surface area contributed by atoms with E-state index in [1.807, 2.05) is 13.0 Å². The van der Waals surface area contributed by atoms with Gasteiger partial charge in [0.2, 0.25) is 0 Å². The van der Waals surface area contributed by atoms with Gasteiger partial charge in [0.05, 0.1) is 19.9 Å². The maximum Gasteiger partial charge on any atom is 0.137 e. The molecule has 1 aromatic heterocycles. The van der Waals surface area contributed by atoms with Crippen LogP contribution in [-0.4, -0.2) is 18.7 Å². The molecule has 0 aliphatic rings. The van der Waals surface area contributed by atoms with Crippen molar-refractivity contribution in [1.82, 2.24) is 4.98 Å². The molecule has 1 heterocycles. The SMILES string of the molecule is COc1cncc(C(C)CON)c1. The monoisotopic (exact) mass is 182 g/mol. The van der Waals surface area contributed by atoms with Crippen LogP contribution in [0.2, 0.25) is 0 Å². The summed E-state index contributed by atoms with van der Waals surface area (Å²) in [5.74, 6) is 5.97. The van der Waals surface area contributed by atoms with E-state index >= 15 is 0 Å². The molecule has 0 bridgehead atoms. The van der Waals surface area contributed by atoms with Crippen molar-refractivity contribution in [3.8, 4) is 5.75 Å². The zero-order valence-electron chi connectivity index (χ0n) is 7.86. The lowest BCUT2D eigenvalue weighted by molar-refractivity contribution is 0.126. The van der Waals surface area contributed by atoms with Gasteiger partial charge in [-0.25, -0.2) is 5.90 Å². The second-order valence-electron chi connectivity index (χ2n) is 2.89. The first-order valence-electron chi connectivity index (χ1n) is 4.08. The van der Waals surface area contributed by atoms with Crippen molar-refractivity contribution in [3.05, 3.63) is 24.0 Å². The van der Waals surface area contributed by atoms with Gasteiger partial charge in [0.15, 0.2) is 0 Å². The van der Waals surface area contributed by atoms with Gasteiger partial charge in [-0.15, -0.1) is 0 Å². The number of pyridine rings is 1. The van der Waals surface area contributed by atoms with Crippen molar-refractivity contribution in [2.24, 2.45) is 5.90 Å². The summed E-state index contributed by atoms with van der Waals surface area (Å²) in [5, 5.41) is 0. The molecule has 1 unspecified atom stereocenters. The maximum absolute atomic E-state index is 5.05. The van der Waals surface area contributed by atoms with Crippen molar-refractivity contribution < 1.29 is 9.57 Å². The Morgan fingerprint density at radius 2 is 2.31 bits per heavy atom. The van der Waals surface area contributed by atoms with Crippen LogP contribution in [0.1, 0.15) is 18.4 Å². The van der Waals surface area contributed by atoms with Crippen molar-refractivity contribution in [1.29, 1.82) is 0 Å². The number of nitrogens with zero attached hydrogens (tertiary/aromatic N) is 1. The van der Waals surface area contributed by atoms with Crippen LogP contribution < -0.4 is 10.6 Å². The Balaban J connectivity index is 2.75. The Morgan fingerprint density at radius 3 is 2.92 bits per heavy atom. The van der Waals surface area contributed by atoms with Gasteiger partial charge in [-0.1, -0.05) is 6.92 Å². The summed E-state index contributed by atoms with van der Waals surface area (Å²) in [4.78, 5) is 8.60. The number of ether oxygens (including phenoxy) is 1. The second kappa shape index (κ2) is 4.79. The summed E-state index contributed by atoms with van der Waals surface area (Å²) < 4.78 is 5.05. The Bertz CT molecular complexity index is 266.